The number of aryl methyl sites for hydroxylation is 1. The summed E-state index contributed by atoms with van der Waals surface area (Å²) >= 11 is 3.52. The van der Waals surface area contributed by atoms with Crippen LogP contribution in [-0.2, 0) is 13.1 Å². The van der Waals surface area contributed by atoms with Crippen LogP contribution in [0, 0.1) is 6.92 Å². The van der Waals surface area contributed by atoms with E-state index in [0.717, 1.165) is 36.3 Å². The number of nitrogens with zero attached hydrogens (tertiary/aromatic N) is 1. The molecule has 4 heteroatoms. The Bertz CT molecular complexity index is 587. The number of ether oxygens (including phenoxy) is 1. The zero-order valence-electron chi connectivity index (χ0n) is 12.5. The highest BCUT2D eigenvalue weighted by molar-refractivity contribution is 9.10. The smallest absolute Gasteiger partial charge is 0.123 e. The standard InChI is InChI=1S/C17H21BrN2O/c1-3-8-21-17-5-4-16(18)9-15(17)12-20-11-14-6-7-19-10-13(14)2/h4-7,9-10,20H,3,8,11-12H2,1-2H3. The molecule has 1 aromatic carbocycles. The molecule has 3 nitrogen and oxygen atoms in total. The van der Waals surface area contributed by atoms with Crippen LogP contribution < -0.4 is 10.1 Å². The second-order valence-electron chi connectivity index (χ2n) is 5.01. The van der Waals surface area contributed by atoms with Gasteiger partial charge in [0, 0.05) is 35.5 Å². The van der Waals surface area contributed by atoms with E-state index in [9.17, 15) is 0 Å². The van der Waals surface area contributed by atoms with Gasteiger partial charge in [0.25, 0.3) is 0 Å². The van der Waals surface area contributed by atoms with Crippen molar-refractivity contribution in [3.8, 4) is 5.75 Å². The maximum absolute atomic E-state index is 5.80. The van der Waals surface area contributed by atoms with Crippen molar-refractivity contribution < 1.29 is 4.74 Å². The van der Waals surface area contributed by atoms with Gasteiger partial charge >= 0.3 is 0 Å². The Hall–Kier alpha value is -1.39. The van der Waals surface area contributed by atoms with Gasteiger partial charge < -0.3 is 10.1 Å². The molecule has 1 N–H and O–H groups in total. The molecule has 0 spiro atoms. The van der Waals surface area contributed by atoms with Crippen molar-refractivity contribution in [2.45, 2.75) is 33.4 Å². The number of pyridine rings is 1. The summed E-state index contributed by atoms with van der Waals surface area (Å²) in [6.07, 6.45) is 4.74. The first-order chi connectivity index (χ1) is 10.2. The van der Waals surface area contributed by atoms with Crippen molar-refractivity contribution in [2.24, 2.45) is 0 Å². The molecule has 0 radical (unpaired) electrons. The molecule has 2 aromatic rings. The Kier molecular flexibility index (Phi) is 6.21. The van der Waals surface area contributed by atoms with Gasteiger partial charge in [-0.05, 0) is 48.7 Å². The second-order valence-corrected chi connectivity index (χ2v) is 5.92. The Morgan fingerprint density at radius 1 is 1.19 bits per heavy atom. The number of hydrogen-bond acceptors (Lipinski definition) is 3. The minimum absolute atomic E-state index is 0.748. The highest BCUT2D eigenvalue weighted by atomic mass is 79.9. The van der Waals surface area contributed by atoms with Crippen LogP contribution in [0.5, 0.6) is 5.75 Å². The largest absolute Gasteiger partial charge is 0.493 e. The van der Waals surface area contributed by atoms with E-state index in [-0.39, 0.29) is 0 Å². The summed E-state index contributed by atoms with van der Waals surface area (Å²) in [5.74, 6) is 0.957. The van der Waals surface area contributed by atoms with Gasteiger partial charge in [-0.2, -0.15) is 0 Å². The van der Waals surface area contributed by atoms with Gasteiger partial charge in [-0.1, -0.05) is 22.9 Å². The molecule has 0 fully saturated rings. The Labute approximate surface area is 134 Å². The third-order valence-electron chi connectivity index (χ3n) is 3.25. The van der Waals surface area contributed by atoms with Crippen LogP contribution in [0.3, 0.4) is 0 Å². The third kappa shape index (κ3) is 4.83. The molecule has 1 aromatic heterocycles. The SMILES string of the molecule is CCCOc1ccc(Br)cc1CNCc1ccncc1C. The van der Waals surface area contributed by atoms with E-state index in [1.807, 2.05) is 24.5 Å². The molecule has 21 heavy (non-hydrogen) atoms. The summed E-state index contributed by atoms with van der Waals surface area (Å²) in [6, 6.07) is 8.20. The molecule has 0 aliphatic carbocycles. The van der Waals surface area contributed by atoms with Gasteiger partial charge in [-0.25, -0.2) is 0 Å². The summed E-state index contributed by atoms with van der Waals surface area (Å²) in [4.78, 5) is 4.12. The van der Waals surface area contributed by atoms with Crippen molar-refractivity contribution in [1.29, 1.82) is 0 Å². The Morgan fingerprint density at radius 2 is 2.00 bits per heavy atom. The molecule has 1 heterocycles. The highest BCUT2D eigenvalue weighted by Gasteiger charge is 2.05. The van der Waals surface area contributed by atoms with Gasteiger partial charge in [-0.15, -0.1) is 0 Å². The van der Waals surface area contributed by atoms with E-state index in [1.165, 1.54) is 16.7 Å². The zero-order valence-corrected chi connectivity index (χ0v) is 14.1. The summed E-state index contributed by atoms with van der Waals surface area (Å²) in [7, 11) is 0. The normalized spacial score (nSPS) is 10.6. The topological polar surface area (TPSA) is 34.1 Å². The van der Waals surface area contributed by atoms with Crippen molar-refractivity contribution in [3.63, 3.8) is 0 Å². The number of rotatable bonds is 7. The van der Waals surface area contributed by atoms with Crippen LogP contribution in [0.25, 0.3) is 0 Å². The minimum atomic E-state index is 0.748. The zero-order chi connectivity index (χ0) is 15.1. The number of nitrogens with one attached hydrogen (secondary N) is 1. The Morgan fingerprint density at radius 3 is 2.76 bits per heavy atom. The monoisotopic (exact) mass is 348 g/mol. The first-order valence-corrected chi connectivity index (χ1v) is 8.01. The van der Waals surface area contributed by atoms with E-state index in [2.05, 4.69) is 52.2 Å². The number of halogens is 1. The van der Waals surface area contributed by atoms with Crippen LogP contribution in [0.2, 0.25) is 0 Å². The molecule has 0 saturated heterocycles. The van der Waals surface area contributed by atoms with Crippen LogP contribution in [-0.4, -0.2) is 11.6 Å². The fraction of sp³-hybridized carbons (Fsp3) is 0.353. The van der Waals surface area contributed by atoms with Crippen LogP contribution in [0.15, 0.2) is 41.1 Å². The molecule has 0 aliphatic heterocycles. The lowest BCUT2D eigenvalue weighted by Gasteiger charge is -2.13. The van der Waals surface area contributed by atoms with E-state index in [0.29, 0.717) is 0 Å². The summed E-state index contributed by atoms with van der Waals surface area (Å²) < 4.78 is 6.87. The number of hydrogen-bond donors (Lipinski definition) is 1. The lowest BCUT2D eigenvalue weighted by molar-refractivity contribution is 0.313. The molecule has 0 bridgehead atoms. The first kappa shape index (κ1) is 16.0. The van der Waals surface area contributed by atoms with Gasteiger partial charge in [0.2, 0.25) is 0 Å². The Balaban J connectivity index is 1.99. The summed E-state index contributed by atoms with van der Waals surface area (Å²) in [5.41, 5.74) is 3.65. The van der Waals surface area contributed by atoms with Gasteiger partial charge in [0.05, 0.1) is 6.61 Å². The summed E-state index contributed by atoms with van der Waals surface area (Å²) in [6.45, 7) is 6.55. The molecule has 0 aliphatic rings. The lowest BCUT2D eigenvalue weighted by Crippen LogP contribution is -2.14. The number of benzene rings is 1. The molecule has 0 atom stereocenters. The van der Waals surface area contributed by atoms with Crippen molar-refractivity contribution >= 4 is 15.9 Å². The third-order valence-corrected chi connectivity index (χ3v) is 3.74. The molecular formula is C17H21BrN2O. The second kappa shape index (κ2) is 8.15. The van der Waals surface area contributed by atoms with Gasteiger partial charge in [0.15, 0.2) is 0 Å². The van der Waals surface area contributed by atoms with Gasteiger partial charge in [0.1, 0.15) is 5.75 Å². The average Bonchev–Trinajstić information content (AvgIpc) is 2.48. The molecule has 112 valence electrons. The maximum atomic E-state index is 5.80. The van der Waals surface area contributed by atoms with Gasteiger partial charge in [-0.3, -0.25) is 4.98 Å². The number of aromatic nitrogens is 1. The molecule has 0 unspecified atom stereocenters. The van der Waals surface area contributed by atoms with Crippen LogP contribution >= 0.6 is 15.9 Å². The fourth-order valence-corrected chi connectivity index (χ4v) is 2.48. The molecule has 0 saturated carbocycles. The predicted octanol–water partition coefficient (Wildman–Crippen LogP) is 4.23. The van der Waals surface area contributed by atoms with Crippen LogP contribution in [0.4, 0.5) is 0 Å². The molecule has 0 amide bonds. The van der Waals surface area contributed by atoms with Crippen molar-refractivity contribution in [3.05, 3.63) is 57.8 Å². The molecule has 2 rings (SSSR count). The predicted molar refractivity (Wildman–Crippen MR) is 89.4 cm³/mol. The first-order valence-electron chi connectivity index (χ1n) is 7.22. The van der Waals surface area contributed by atoms with E-state index in [4.69, 9.17) is 4.74 Å². The summed E-state index contributed by atoms with van der Waals surface area (Å²) in [5, 5.41) is 3.47. The van der Waals surface area contributed by atoms with E-state index < -0.39 is 0 Å². The minimum Gasteiger partial charge on any atom is -0.493 e. The van der Waals surface area contributed by atoms with E-state index >= 15 is 0 Å². The fourth-order valence-electron chi connectivity index (χ4n) is 2.07. The maximum Gasteiger partial charge on any atom is 0.123 e. The highest BCUT2D eigenvalue weighted by Crippen LogP contribution is 2.23. The average molecular weight is 349 g/mol. The van der Waals surface area contributed by atoms with Crippen molar-refractivity contribution in [1.82, 2.24) is 10.3 Å². The van der Waals surface area contributed by atoms with E-state index in [1.54, 1.807) is 0 Å². The van der Waals surface area contributed by atoms with Crippen LogP contribution in [0.1, 0.15) is 30.0 Å². The quantitative estimate of drug-likeness (QED) is 0.812. The van der Waals surface area contributed by atoms with Crippen molar-refractivity contribution in [2.75, 3.05) is 6.61 Å². The molecular weight excluding hydrogens is 328 g/mol. The lowest BCUT2D eigenvalue weighted by atomic mass is 10.1.